The van der Waals surface area contributed by atoms with Gasteiger partial charge in [-0.2, -0.15) is 0 Å². The van der Waals surface area contributed by atoms with Crippen LogP contribution in [0.2, 0.25) is 0 Å². The van der Waals surface area contributed by atoms with Gasteiger partial charge >= 0.3 is 23.9 Å². The smallest absolute Gasteiger partial charge is 0.338 e. The Morgan fingerprint density at radius 2 is 1.39 bits per heavy atom. The van der Waals surface area contributed by atoms with Gasteiger partial charge in [0.05, 0.1) is 30.2 Å². The summed E-state index contributed by atoms with van der Waals surface area (Å²) in [4.78, 5) is 68.1. The fourth-order valence-electron chi connectivity index (χ4n) is 10.4. The zero-order valence-corrected chi connectivity index (χ0v) is 35.3. The number of aliphatic hydroxyl groups excluding tert-OH is 3. The molecule has 5 N–H and O–H groups in total. The zero-order chi connectivity index (χ0) is 44.9. The second kappa shape index (κ2) is 16.7. The van der Waals surface area contributed by atoms with Crippen molar-refractivity contribution in [2.45, 2.75) is 114 Å². The van der Waals surface area contributed by atoms with Gasteiger partial charge in [0.15, 0.2) is 17.8 Å². The minimum absolute atomic E-state index is 0.0914. The molecule has 0 spiro atoms. The number of rotatable bonds is 10. The van der Waals surface area contributed by atoms with Crippen molar-refractivity contribution >= 4 is 29.8 Å². The molecule has 1 saturated heterocycles. The molecule has 15 heteroatoms. The van der Waals surface area contributed by atoms with E-state index in [-0.39, 0.29) is 35.3 Å². The maximum Gasteiger partial charge on any atom is 0.338 e. The Morgan fingerprint density at radius 1 is 0.806 bits per heavy atom. The molecule has 1 heterocycles. The molecule has 1 amide bonds. The molecule has 2 bridgehead atoms. The number of carbonyl (C=O) groups excluding carboxylic acids is 5. The molecule has 0 radical (unpaired) electrons. The molecular weight excluding hydrogens is 803 g/mol. The van der Waals surface area contributed by atoms with Crippen LogP contribution in [-0.2, 0) is 38.1 Å². The average Bonchev–Trinajstić information content (AvgIpc) is 3.24. The molecule has 3 aromatic carbocycles. The Kier molecular flexibility index (Phi) is 12.0. The van der Waals surface area contributed by atoms with Crippen LogP contribution in [-0.4, -0.2) is 111 Å². The van der Waals surface area contributed by atoms with Crippen molar-refractivity contribution in [3.63, 3.8) is 0 Å². The van der Waals surface area contributed by atoms with Crippen LogP contribution in [0, 0.1) is 16.7 Å². The van der Waals surface area contributed by atoms with Crippen molar-refractivity contribution in [1.82, 2.24) is 5.32 Å². The van der Waals surface area contributed by atoms with Gasteiger partial charge in [-0.1, -0.05) is 87.5 Å². The number of esters is 4. The lowest BCUT2D eigenvalue weighted by Crippen LogP contribution is -2.82. The number of nitrogens with one attached hydrogen (secondary N) is 1. The predicted molar refractivity (Wildman–Crippen MR) is 219 cm³/mol. The first-order valence-corrected chi connectivity index (χ1v) is 20.6. The lowest BCUT2D eigenvalue weighted by atomic mass is 9.44. The van der Waals surface area contributed by atoms with Gasteiger partial charge in [-0.15, -0.1) is 0 Å². The van der Waals surface area contributed by atoms with Gasteiger partial charge < -0.3 is 49.4 Å². The normalized spacial score (nSPS) is 33.0. The lowest BCUT2D eigenvalue weighted by molar-refractivity contribution is -0.365. The molecule has 330 valence electrons. The van der Waals surface area contributed by atoms with E-state index in [4.69, 9.17) is 23.7 Å². The largest absolute Gasteiger partial charge is 0.456 e. The van der Waals surface area contributed by atoms with E-state index in [0.717, 1.165) is 6.92 Å². The first-order chi connectivity index (χ1) is 29.3. The van der Waals surface area contributed by atoms with Crippen molar-refractivity contribution in [2.24, 2.45) is 16.7 Å². The Hall–Kier alpha value is -5.45. The number of fused-ring (bicyclic) bond motifs is 5. The summed E-state index contributed by atoms with van der Waals surface area (Å²) in [5.74, 6) is -5.73. The Balaban J connectivity index is 1.38. The molecule has 3 fully saturated rings. The summed E-state index contributed by atoms with van der Waals surface area (Å²) in [7, 11) is 0. The van der Waals surface area contributed by atoms with Crippen LogP contribution in [0.4, 0.5) is 0 Å². The number of aliphatic hydroxyl groups is 4. The molecule has 4 aliphatic rings. The van der Waals surface area contributed by atoms with Crippen LogP contribution in [0.15, 0.2) is 102 Å². The van der Waals surface area contributed by atoms with E-state index in [9.17, 15) is 44.4 Å². The fourth-order valence-corrected chi connectivity index (χ4v) is 10.4. The number of carbonyl (C=O) groups is 5. The van der Waals surface area contributed by atoms with Gasteiger partial charge in [0.1, 0.15) is 30.0 Å². The molecule has 1 unspecified atom stereocenters. The average molecular weight is 856 g/mol. The molecule has 7 rings (SSSR count). The Labute approximate surface area is 359 Å². The van der Waals surface area contributed by atoms with Crippen LogP contribution < -0.4 is 5.32 Å². The van der Waals surface area contributed by atoms with Gasteiger partial charge in [-0.05, 0) is 47.9 Å². The standard InChI is InChI=1S/C47H53NO14/c1-25-31(60-43(56)36(52)35(28-16-10-7-11-17-28)48-41(54)29-18-12-8-13-19-29)23-47(57)40(61-42(55)30-20-14-9-15-21-30)38-45(6,32(51)22-33-46(38,24-58-33)62-27(3)50)39(53)37(59-26(2)49)34(25)44(47,4)5/h7-21,31-33,35-40,51-53,57H,22-24H2,1-6H3,(H,48,54)/t31-,32-,33+,35-,36+,37+,38-,39?,40-,45+,46-,47+/m0/s1. The second-order valence-corrected chi connectivity index (χ2v) is 17.6. The highest BCUT2D eigenvalue weighted by Gasteiger charge is 2.78. The molecule has 0 aromatic heterocycles. The quantitative estimate of drug-likeness (QED) is 0.112. The Morgan fingerprint density at radius 3 is 1.94 bits per heavy atom. The number of ether oxygens (including phenoxy) is 5. The van der Waals surface area contributed by atoms with E-state index >= 15 is 0 Å². The maximum absolute atomic E-state index is 14.3. The molecule has 3 aliphatic carbocycles. The van der Waals surface area contributed by atoms with E-state index in [1.165, 1.54) is 26.0 Å². The maximum atomic E-state index is 14.3. The molecular formula is C47H53NO14. The third kappa shape index (κ3) is 7.38. The fraction of sp³-hybridized carbons (Fsp3) is 0.468. The number of benzene rings is 3. The van der Waals surface area contributed by atoms with E-state index in [0.29, 0.717) is 5.56 Å². The lowest BCUT2D eigenvalue weighted by Gasteiger charge is -2.69. The van der Waals surface area contributed by atoms with E-state index < -0.39 is 113 Å². The first-order valence-electron chi connectivity index (χ1n) is 20.6. The van der Waals surface area contributed by atoms with Crippen molar-refractivity contribution in [3.05, 3.63) is 119 Å². The minimum Gasteiger partial charge on any atom is -0.456 e. The van der Waals surface area contributed by atoms with Gasteiger partial charge in [0.25, 0.3) is 5.91 Å². The third-order valence-corrected chi connectivity index (χ3v) is 13.7. The summed E-state index contributed by atoms with van der Waals surface area (Å²) in [5, 5.41) is 53.2. The van der Waals surface area contributed by atoms with Crippen molar-refractivity contribution in [3.8, 4) is 0 Å². The summed E-state index contributed by atoms with van der Waals surface area (Å²) >= 11 is 0. The SMILES string of the molecule is CC(=O)O[C@@H]1C2=C(C)[C@@H](OC(=O)[C@H](O)[C@@H](NC(=O)c3ccccc3)c3ccccc3)C[C@@](O)([C@@H](OC(=O)c3ccccc3)[C@@H]3[C@]4(OC(C)=O)CO[C@@H]4C[C@H](O)[C@@]3(C)C1O)C2(C)C. The van der Waals surface area contributed by atoms with Gasteiger partial charge in [-0.25, -0.2) is 9.59 Å². The molecule has 2 saturated carbocycles. The van der Waals surface area contributed by atoms with Crippen LogP contribution >= 0.6 is 0 Å². The van der Waals surface area contributed by atoms with E-state index in [1.807, 2.05) is 0 Å². The van der Waals surface area contributed by atoms with Crippen LogP contribution in [0.3, 0.4) is 0 Å². The number of hydrogen-bond acceptors (Lipinski definition) is 14. The molecule has 62 heavy (non-hydrogen) atoms. The predicted octanol–water partition coefficient (Wildman–Crippen LogP) is 3.53. The highest BCUT2D eigenvalue weighted by molar-refractivity contribution is 5.95. The van der Waals surface area contributed by atoms with E-state index in [1.54, 1.807) is 99.6 Å². The van der Waals surface area contributed by atoms with Crippen LogP contribution in [0.1, 0.15) is 86.7 Å². The monoisotopic (exact) mass is 855 g/mol. The van der Waals surface area contributed by atoms with Gasteiger partial charge in [0, 0.05) is 43.1 Å². The van der Waals surface area contributed by atoms with Crippen molar-refractivity contribution in [2.75, 3.05) is 6.61 Å². The second-order valence-electron chi connectivity index (χ2n) is 17.6. The summed E-state index contributed by atoms with van der Waals surface area (Å²) in [5.41, 5.74) is -6.46. The summed E-state index contributed by atoms with van der Waals surface area (Å²) in [6.07, 6.45) is -11.8. The summed E-state index contributed by atoms with van der Waals surface area (Å²) in [6.45, 7) is 8.30. The number of hydrogen-bond donors (Lipinski definition) is 5. The molecule has 1 aliphatic heterocycles. The highest BCUT2D eigenvalue weighted by atomic mass is 16.6. The Bertz CT molecular complexity index is 2230. The van der Waals surface area contributed by atoms with E-state index in [2.05, 4.69) is 5.32 Å². The van der Waals surface area contributed by atoms with Crippen molar-refractivity contribution in [1.29, 1.82) is 0 Å². The number of amides is 1. The molecule has 15 nitrogen and oxygen atoms in total. The summed E-state index contributed by atoms with van der Waals surface area (Å²) in [6, 6.07) is 23.1. The van der Waals surface area contributed by atoms with Gasteiger partial charge in [-0.3, -0.25) is 14.4 Å². The minimum atomic E-state index is -2.35. The van der Waals surface area contributed by atoms with Gasteiger partial charge in [0.2, 0.25) is 0 Å². The molecule has 3 aromatic rings. The first kappa shape index (κ1) is 44.6. The summed E-state index contributed by atoms with van der Waals surface area (Å²) < 4.78 is 30.5. The molecule has 12 atom stereocenters. The topological polar surface area (TPSA) is 224 Å². The van der Waals surface area contributed by atoms with Crippen LogP contribution in [0.25, 0.3) is 0 Å². The van der Waals surface area contributed by atoms with Crippen molar-refractivity contribution < 1.29 is 68.1 Å². The third-order valence-electron chi connectivity index (χ3n) is 13.7. The van der Waals surface area contributed by atoms with Crippen LogP contribution in [0.5, 0.6) is 0 Å². The zero-order valence-electron chi connectivity index (χ0n) is 35.3. The highest BCUT2D eigenvalue weighted by Crippen LogP contribution is 2.65.